The second-order valence-corrected chi connectivity index (χ2v) is 7.89. The van der Waals surface area contributed by atoms with Gasteiger partial charge in [0.15, 0.2) is 17.5 Å². The van der Waals surface area contributed by atoms with Gasteiger partial charge in [0, 0.05) is 23.6 Å². The molecule has 29 heavy (non-hydrogen) atoms. The molecule has 1 heterocycles. The van der Waals surface area contributed by atoms with Crippen LogP contribution >= 0.6 is 11.3 Å². The first-order valence-corrected chi connectivity index (χ1v) is 9.98. The zero-order valence-corrected chi connectivity index (χ0v) is 16.2. The Kier molecular flexibility index (Phi) is 5.26. The van der Waals surface area contributed by atoms with Crippen LogP contribution in [0.3, 0.4) is 0 Å². The van der Waals surface area contributed by atoms with Gasteiger partial charge >= 0.3 is 5.97 Å². The molecule has 8 heteroatoms. The van der Waals surface area contributed by atoms with Gasteiger partial charge in [0.2, 0.25) is 0 Å². The van der Waals surface area contributed by atoms with Gasteiger partial charge in [-0.15, -0.1) is 0 Å². The summed E-state index contributed by atoms with van der Waals surface area (Å²) in [7, 11) is 0. The van der Waals surface area contributed by atoms with E-state index in [0.717, 1.165) is 16.3 Å². The molecule has 0 aliphatic heterocycles. The number of allylic oxidation sites excluding steroid dienone is 5. The van der Waals surface area contributed by atoms with Crippen molar-refractivity contribution in [1.82, 2.24) is 4.98 Å². The molecular weight excluding hydrogens is 392 g/mol. The topological polar surface area (TPSA) is 106 Å². The molecule has 0 spiro atoms. The highest BCUT2D eigenvalue weighted by Gasteiger charge is 2.32. The van der Waals surface area contributed by atoms with Crippen LogP contribution in [0.4, 0.5) is 5.13 Å². The maximum absolute atomic E-state index is 12.4. The van der Waals surface area contributed by atoms with E-state index in [1.54, 1.807) is 12.2 Å². The Morgan fingerprint density at radius 3 is 2.93 bits per heavy atom. The second-order valence-electron chi connectivity index (χ2n) is 6.86. The van der Waals surface area contributed by atoms with E-state index in [4.69, 9.17) is 9.84 Å². The van der Waals surface area contributed by atoms with Crippen molar-refractivity contribution >= 4 is 44.3 Å². The van der Waals surface area contributed by atoms with Crippen molar-refractivity contribution in [1.29, 1.82) is 0 Å². The Morgan fingerprint density at radius 2 is 2.14 bits per heavy atom. The van der Waals surface area contributed by atoms with Gasteiger partial charge in [-0.2, -0.15) is 0 Å². The number of carbonyl (C=O) groups excluding carboxylic acids is 2. The van der Waals surface area contributed by atoms with Crippen LogP contribution in [-0.4, -0.2) is 34.4 Å². The Labute approximate surface area is 170 Å². The van der Waals surface area contributed by atoms with E-state index in [0.29, 0.717) is 41.3 Å². The van der Waals surface area contributed by atoms with Crippen molar-refractivity contribution in [3.8, 4) is 0 Å². The number of amides is 1. The first kappa shape index (κ1) is 19.1. The van der Waals surface area contributed by atoms with E-state index in [9.17, 15) is 14.4 Å². The number of anilines is 1. The molecule has 1 saturated carbocycles. The summed E-state index contributed by atoms with van der Waals surface area (Å²) in [6.45, 7) is -0.143. The normalized spacial score (nSPS) is 20.1. The van der Waals surface area contributed by atoms with Crippen LogP contribution in [-0.2, 0) is 19.1 Å². The maximum Gasteiger partial charge on any atom is 0.328 e. The van der Waals surface area contributed by atoms with Crippen LogP contribution in [0.5, 0.6) is 0 Å². The highest BCUT2D eigenvalue weighted by Crippen LogP contribution is 2.37. The lowest BCUT2D eigenvalue weighted by atomic mass is 9.76. The highest BCUT2D eigenvalue weighted by atomic mass is 32.1. The van der Waals surface area contributed by atoms with Crippen LogP contribution in [0.1, 0.15) is 19.3 Å². The van der Waals surface area contributed by atoms with Gasteiger partial charge in [-0.25, -0.2) is 9.78 Å². The molecule has 0 radical (unpaired) electrons. The molecule has 2 aromatic rings. The molecule has 1 aromatic carbocycles. The smallest absolute Gasteiger partial charge is 0.328 e. The number of aliphatic carboxylic acids is 1. The van der Waals surface area contributed by atoms with Gasteiger partial charge in [-0.3, -0.25) is 14.9 Å². The zero-order valence-electron chi connectivity index (χ0n) is 15.4. The van der Waals surface area contributed by atoms with Crippen LogP contribution < -0.4 is 5.32 Å². The molecular formula is C21H18N2O5S. The molecule has 1 amide bonds. The average Bonchev–Trinajstić information content (AvgIpc) is 3.10. The summed E-state index contributed by atoms with van der Waals surface area (Å²) in [5.74, 6) is -1.00. The summed E-state index contributed by atoms with van der Waals surface area (Å²) in [4.78, 5) is 39.8. The summed E-state index contributed by atoms with van der Waals surface area (Å²) in [6, 6.07) is 7.64. The SMILES string of the molecule is O=C(O)C=C1CCC2CC(OCC(=O)Nc3nc4ccccc4s3)=CC=C2C1=O. The molecule has 2 N–H and O–H groups in total. The summed E-state index contributed by atoms with van der Waals surface area (Å²) in [5.41, 5.74) is 1.77. The molecule has 4 rings (SSSR count). The van der Waals surface area contributed by atoms with Crippen LogP contribution in [0, 0.1) is 5.92 Å². The summed E-state index contributed by atoms with van der Waals surface area (Å²) in [6.07, 6.45) is 5.96. The molecule has 0 saturated heterocycles. The van der Waals surface area contributed by atoms with Crippen molar-refractivity contribution in [2.24, 2.45) is 5.92 Å². The number of rotatable bonds is 5. The van der Waals surface area contributed by atoms with E-state index >= 15 is 0 Å². The molecule has 0 bridgehead atoms. The molecule has 1 aromatic heterocycles. The molecule has 1 unspecified atom stereocenters. The first-order valence-electron chi connectivity index (χ1n) is 9.17. The number of ketones is 1. The van der Waals surface area contributed by atoms with Crippen LogP contribution in [0.15, 0.2) is 59.4 Å². The predicted molar refractivity (Wildman–Crippen MR) is 108 cm³/mol. The highest BCUT2D eigenvalue weighted by molar-refractivity contribution is 7.22. The number of para-hydroxylation sites is 1. The number of Topliss-reactive ketones (excluding diaryl/α,β-unsaturated/α-hetero) is 1. The fourth-order valence-corrected chi connectivity index (χ4v) is 4.40. The first-order chi connectivity index (χ1) is 14.0. The quantitative estimate of drug-likeness (QED) is 0.732. The van der Waals surface area contributed by atoms with E-state index in [-0.39, 0.29) is 24.2 Å². The second kappa shape index (κ2) is 8.00. The Morgan fingerprint density at radius 1 is 1.31 bits per heavy atom. The molecule has 2 aliphatic carbocycles. The Balaban J connectivity index is 1.36. The van der Waals surface area contributed by atoms with E-state index in [2.05, 4.69) is 10.3 Å². The van der Waals surface area contributed by atoms with Gasteiger partial charge in [-0.1, -0.05) is 29.5 Å². The summed E-state index contributed by atoms with van der Waals surface area (Å²) >= 11 is 1.40. The van der Waals surface area contributed by atoms with E-state index < -0.39 is 5.97 Å². The summed E-state index contributed by atoms with van der Waals surface area (Å²) < 4.78 is 6.62. The lowest BCUT2D eigenvalue weighted by Gasteiger charge is -2.29. The average molecular weight is 410 g/mol. The number of carbonyl (C=O) groups is 3. The van der Waals surface area contributed by atoms with Crippen molar-refractivity contribution in [3.05, 3.63) is 59.4 Å². The van der Waals surface area contributed by atoms with Gasteiger partial charge in [0.05, 0.1) is 16.0 Å². The molecule has 7 nitrogen and oxygen atoms in total. The van der Waals surface area contributed by atoms with Gasteiger partial charge in [0.1, 0.15) is 0 Å². The number of benzene rings is 1. The number of carboxylic acids is 1. The number of carboxylic acid groups (broad SMARTS) is 1. The number of hydrogen-bond acceptors (Lipinski definition) is 6. The zero-order chi connectivity index (χ0) is 20.4. The predicted octanol–water partition coefficient (Wildman–Crippen LogP) is 3.46. The fourth-order valence-electron chi connectivity index (χ4n) is 3.52. The van der Waals surface area contributed by atoms with Crippen molar-refractivity contribution in [2.75, 3.05) is 11.9 Å². The third-order valence-electron chi connectivity index (χ3n) is 4.88. The third-order valence-corrected chi connectivity index (χ3v) is 5.83. The van der Waals surface area contributed by atoms with E-state index in [1.807, 2.05) is 24.3 Å². The summed E-state index contributed by atoms with van der Waals surface area (Å²) in [5, 5.41) is 12.1. The fraction of sp³-hybridized carbons (Fsp3) is 0.238. The Hall–Kier alpha value is -3.26. The minimum absolute atomic E-state index is 0.0132. The van der Waals surface area contributed by atoms with Crippen LogP contribution in [0.25, 0.3) is 10.2 Å². The number of hydrogen-bond donors (Lipinski definition) is 2. The van der Waals surface area contributed by atoms with Crippen molar-refractivity contribution in [3.63, 3.8) is 0 Å². The molecule has 1 atom stereocenters. The van der Waals surface area contributed by atoms with Crippen molar-refractivity contribution < 1.29 is 24.2 Å². The number of nitrogens with zero attached hydrogens (tertiary/aromatic N) is 1. The minimum atomic E-state index is -1.11. The third kappa shape index (κ3) is 4.27. The monoisotopic (exact) mass is 410 g/mol. The molecule has 1 fully saturated rings. The van der Waals surface area contributed by atoms with E-state index in [1.165, 1.54) is 11.3 Å². The number of fused-ring (bicyclic) bond motifs is 2. The van der Waals surface area contributed by atoms with Crippen molar-refractivity contribution in [2.45, 2.75) is 19.3 Å². The number of thiazole rings is 1. The maximum atomic E-state index is 12.4. The van der Waals surface area contributed by atoms with Gasteiger partial charge in [-0.05, 0) is 37.0 Å². The molecule has 2 aliphatic rings. The standard InChI is InChI=1S/C21H18N2O5S/c24-18(23-21-22-16-3-1-2-4-17(16)29-21)11-28-14-7-8-15-12(9-14)5-6-13(20(15)27)10-19(25)26/h1-4,7-8,10,12H,5-6,9,11H2,(H,25,26)(H,22,23,24). The lowest BCUT2D eigenvalue weighted by molar-refractivity contribution is -0.131. The number of aromatic nitrogens is 1. The number of ether oxygens (including phenoxy) is 1. The Bertz CT molecular complexity index is 1060. The van der Waals surface area contributed by atoms with Gasteiger partial charge < -0.3 is 9.84 Å². The van der Waals surface area contributed by atoms with Crippen LogP contribution in [0.2, 0.25) is 0 Å². The number of nitrogens with one attached hydrogen (secondary N) is 1. The van der Waals surface area contributed by atoms with Gasteiger partial charge in [0.25, 0.3) is 5.91 Å². The molecule has 148 valence electrons. The largest absolute Gasteiger partial charge is 0.488 e. The minimum Gasteiger partial charge on any atom is -0.488 e. The lowest BCUT2D eigenvalue weighted by Crippen LogP contribution is -2.25.